The molecule has 0 saturated carbocycles. The van der Waals surface area contributed by atoms with Crippen molar-refractivity contribution >= 4 is 28.2 Å². The number of aromatic amines is 1. The maximum Gasteiger partial charge on any atom is 0.573 e. The number of hydrogen-bond acceptors (Lipinski definition) is 7. The Labute approximate surface area is 210 Å². The van der Waals surface area contributed by atoms with Crippen LogP contribution in [-0.2, 0) is 11.3 Å². The van der Waals surface area contributed by atoms with E-state index >= 15 is 0 Å². The number of fused-ring (bicyclic) bond motifs is 1. The van der Waals surface area contributed by atoms with Crippen LogP contribution < -0.4 is 15.4 Å². The molecule has 0 aliphatic carbocycles. The number of nitrogens with one attached hydrogen (secondary N) is 3. The topological polar surface area (TPSA) is 97.2 Å². The summed E-state index contributed by atoms with van der Waals surface area (Å²) in [5.41, 5.74) is 4.49. The lowest BCUT2D eigenvalue weighted by Gasteiger charge is -2.12. The van der Waals surface area contributed by atoms with Crippen LogP contribution in [-0.4, -0.2) is 48.0 Å². The number of hydrogen-bond donors (Lipinski definition) is 3. The van der Waals surface area contributed by atoms with Crippen LogP contribution in [0.5, 0.6) is 5.75 Å². The molecule has 0 radical (unpaired) electrons. The minimum atomic E-state index is -4.77. The Kier molecular flexibility index (Phi) is 8.68. The van der Waals surface area contributed by atoms with Crippen LogP contribution in [0.1, 0.15) is 18.4 Å². The SMILES string of the molecule is FC(F)(F)Oc1ccc(CNCCCCOCCNc2cc(-c3cnoc3)cc3[nH]ncc23)cc1Cl. The standard InChI is InChI=1S/C24H25ClF3N5O3/c25-20-9-16(3-4-23(20)36-24(26,27)28)12-29-5-1-2-7-34-8-6-30-21-10-17(18-13-32-35-15-18)11-22-19(21)14-31-33-22/h3-4,9-11,13-15,29-30H,1-2,5-8,12H2,(H,31,33). The van der Waals surface area contributed by atoms with Gasteiger partial charge in [-0.2, -0.15) is 5.10 Å². The molecule has 2 aromatic heterocycles. The van der Waals surface area contributed by atoms with Gasteiger partial charge < -0.3 is 24.6 Å². The third-order valence-electron chi connectivity index (χ3n) is 5.33. The van der Waals surface area contributed by atoms with E-state index in [0.717, 1.165) is 52.7 Å². The van der Waals surface area contributed by atoms with Crippen LogP contribution in [0.4, 0.5) is 18.9 Å². The average Bonchev–Trinajstić information content (AvgIpc) is 3.53. The predicted octanol–water partition coefficient (Wildman–Crippen LogP) is 5.77. The van der Waals surface area contributed by atoms with Gasteiger partial charge in [-0.1, -0.05) is 22.8 Å². The van der Waals surface area contributed by atoms with Gasteiger partial charge in [-0.3, -0.25) is 5.10 Å². The predicted molar refractivity (Wildman–Crippen MR) is 130 cm³/mol. The van der Waals surface area contributed by atoms with Gasteiger partial charge in [0.15, 0.2) is 0 Å². The third-order valence-corrected chi connectivity index (χ3v) is 5.62. The average molecular weight is 524 g/mol. The number of nitrogens with zero attached hydrogens (tertiary/aromatic N) is 2. The first kappa shape index (κ1) is 25.8. The van der Waals surface area contributed by atoms with Crippen molar-refractivity contribution in [3.63, 3.8) is 0 Å². The quantitative estimate of drug-likeness (QED) is 0.191. The van der Waals surface area contributed by atoms with Crippen molar-refractivity contribution in [1.29, 1.82) is 0 Å². The molecular weight excluding hydrogens is 499 g/mol. The van der Waals surface area contributed by atoms with Crippen molar-refractivity contribution in [2.24, 2.45) is 0 Å². The second-order valence-corrected chi connectivity index (χ2v) is 8.41. The fourth-order valence-corrected chi connectivity index (χ4v) is 3.86. The number of alkyl halides is 3. The number of benzene rings is 2. The van der Waals surface area contributed by atoms with E-state index in [9.17, 15) is 13.2 Å². The zero-order chi connectivity index (χ0) is 25.4. The van der Waals surface area contributed by atoms with Crippen LogP contribution in [0, 0.1) is 0 Å². The van der Waals surface area contributed by atoms with Crippen molar-refractivity contribution in [3.8, 4) is 16.9 Å². The molecule has 0 saturated heterocycles. The molecule has 36 heavy (non-hydrogen) atoms. The zero-order valence-corrected chi connectivity index (χ0v) is 20.0. The molecule has 0 fully saturated rings. The Hall–Kier alpha value is -3.28. The smallest absolute Gasteiger partial charge is 0.404 e. The Morgan fingerprint density at radius 2 is 1.92 bits per heavy atom. The van der Waals surface area contributed by atoms with Crippen LogP contribution in [0.3, 0.4) is 0 Å². The van der Waals surface area contributed by atoms with E-state index < -0.39 is 12.1 Å². The van der Waals surface area contributed by atoms with Gasteiger partial charge in [-0.05, 0) is 54.8 Å². The number of anilines is 1. The summed E-state index contributed by atoms with van der Waals surface area (Å²) in [5, 5.41) is 18.4. The van der Waals surface area contributed by atoms with Crippen molar-refractivity contribution < 1.29 is 27.2 Å². The molecule has 0 unspecified atom stereocenters. The highest BCUT2D eigenvalue weighted by Gasteiger charge is 2.32. The maximum absolute atomic E-state index is 12.3. The molecule has 0 bridgehead atoms. The van der Waals surface area contributed by atoms with Gasteiger partial charge >= 0.3 is 6.36 Å². The lowest BCUT2D eigenvalue weighted by molar-refractivity contribution is -0.274. The van der Waals surface area contributed by atoms with E-state index in [2.05, 4.69) is 30.7 Å². The summed E-state index contributed by atoms with van der Waals surface area (Å²) in [6.07, 6.45) is 2.04. The fourth-order valence-electron chi connectivity index (χ4n) is 3.62. The minimum absolute atomic E-state index is 0.0765. The van der Waals surface area contributed by atoms with Crippen molar-refractivity contribution in [2.75, 3.05) is 31.6 Å². The first-order valence-electron chi connectivity index (χ1n) is 11.3. The largest absolute Gasteiger partial charge is 0.573 e. The van der Waals surface area contributed by atoms with Gasteiger partial charge in [0.25, 0.3) is 0 Å². The lowest BCUT2D eigenvalue weighted by atomic mass is 10.1. The molecule has 0 atom stereocenters. The second-order valence-electron chi connectivity index (χ2n) is 8.00. The minimum Gasteiger partial charge on any atom is -0.404 e. The highest BCUT2D eigenvalue weighted by molar-refractivity contribution is 6.32. The molecule has 192 valence electrons. The monoisotopic (exact) mass is 523 g/mol. The van der Waals surface area contributed by atoms with E-state index in [1.54, 1.807) is 24.7 Å². The molecule has 4 aromatic rings. The molecule has 0 spiro atoms. The summed E-state index contributed by atoms with van der Waals surface area (Å²) in [6, 6.07) is 8.26. The maximum atomic E-state index is 12.3. The summed E-state index contributed by atoms with van der Waals surface area (Å²) in [6.45, 7) is 3.05. The Morgan fingerprint density at radius 1 is 1.03 bits per heavy atom. The van der Waals surface area contributed by atoms with Crippen LogP contribution in [0.2, 0.25) is 5.02 Å². The molecule has 2 heterocycles. The number of H-pyrrole nitrogens is 1. The van der Waals surface area contributed by atoms with Gasteiger partial charge in [0.05, 0.1) is 29.5 Å². The van der Waals surface area contributed by atoms with Crippen LogP contribution in [0.25, 0.3) is 22.0 Å². The van der Waals surface area contributed by atoms with E-state index in [4.69, 9.17) is 20.9 Å². The normalized spacial score (nSPS) is 11.8. The van der Waals surface area contributed by atoms with Crippen LogP contribution in [0.15, 0.2) is 53.5 Å². The summed E-state index contributed by atoms with van der Waals surface area (Å²) < 4.78 is 51.5. The summed E-state index contributed by atoms with van der Waals surface area (Å²) in [4.78, 5) is 0. The molecule has 0 aliphatic rings. The summed E-state index contributed by atoms with van der Waals surface area (Å²) in [5.74, 6) is -0.406. The lowest BCUT2D eigenvalue weighted by Crippen LogP contribution is -2.18. The Bertz CT molecular complexity index is 1250. The van der Waals surface area contributed by atoms with Crippen molar-refractivity contribution in [1.82, 2.24) is 20.7 Å². The van der Waals surface area contributed by atoms with Crippen molar-refractivity contribution in [3.05, 3.63) is 59.6 Å². The molecule has 0 aliphatic heterocycles. The van der Waals surface area contributed by atoms with E-state index in [-0.39, 0.29) is 5.02 Å². The number of aromatic nitrogens is 3. The molecule has 2 aromatic carbocycles. The van der Waals surface area contributed by atoms with Crippen molar-refractivity contribution in [2.45, 2.75) is 25.7 Å². The van der Waals surface area contributed by atoms with E-state index in [1.807, 2.05) is 12.1 Å². The molecule has 4 rings (SSSR count). The first-order valence-corrected chi connectivity index (χ1v) is 11.7. The van der Waals surface area contributed by atoms with E-state index in [1.165, 1.54) is 12.1 Å². The van der Waals surface area contributed by atoms with Gasteiger partial charge in [-0.15, -0.1) is 13.2 Å². The number of ether oxygens (including phenoxy) is 2. The summed E-state index contributed by atoms with van der Waals surface area (Å²) >= 11 is 5.87. The third kappa shape index (κ3) is 7.36. The Morgan fingerprint density at radius 3 is 2.69 bits per heavy atom. The summed E-state index contributed by atoms with van der Waals surface area (Å²) in [7, 11) is 0. The fraction of sp³-hybridized carbons (Fsp3) is 0.333. The van der Waals surface area contributed by atoms with Gasteiger partial charge in [-0.25, -0.2) is 0 Å². The molecule has 8 nitrogen and oxygen atoms in total. The second kappa shape index (κ2) is 12.1. The highest BCUT2D eigenvalue weighted by atomic mass is 35.5. The number of halogens is 4. The number of unbranched alkanes of at least 4 members (excludes halogenated alkanes) is 1. The molecule has 0 amide bonds. The highest BCUT2D eigenvalue weighted by Crippen LogP contribution is 2.31. The van der Waals surface area contributed by atoms with Crippen LogP contribution >= 0.6 is 11.6 Å². The van der Waals surface area contributed by atoms with Gasteiger partial charge in [0.1, 0.15) is 12.0 Å². The van der Waals surface area contributed by atoms with Gasteiger partial charge in [0.2, 0.25) is 0 Å². The first-order chi connectivity index (χ1) is 17.4. The van der Waals surface area contributed by atoms with Gasteiger partial charge in [0, 0.05) is 36.3 Å². The number of rotatable bonds is 13. The Balaban J connectivity index is 1.10. The van der Waals surface area contributed by atoms with E-state index in [0.29, 0.717) is 26.3 Å². The molecule has 3 N–H and O–H groups in total. The molecular formula is C24H25ClF3N5O3. The molecule has 12 heteroatoms. The zero-order valence-electron chi connectivity index (χ0n) is 19.2.